The molecule has 1 aromatic heterocycles. The van der Waals surface area contributed by atoms with Crippen LogP contribution in [-0.4, -0.2) is 22.7 Å². The van der Waals surface area contributed by atoms with Crippen LogP contribution in [0.1, 0.15) is 31.2 Å². The summed E-state index contributed by atoms with van der Waals surface area (Å²) in [5.74, 6) is 1.36. The summed E-state index contributed by atoms with van der Waals surface area (Å²) in [6.45, 7) is 1.07. The zero-order valence-electron chi connectivity index (χ0n) is 19.9. The zero-order chi connectivity index (χ0) is 24.7. The number of oxazole rings is 1. The molecule has 0 aliphatic heterocycles. The Morgan fingerprint density at radius 2 is 1.58 bits per heavy atom. The molecular formula is C30H27NO5. The minimum Gasteiger partial charge on any atom is -0.494 e. The van der Waals surface area contributed by atoms with E-state index in [9.17, 15) is 4.79 Å². The van der Waals surface area contributed by atoms with Gasteiger partial charge >= 0.3 is 5.97 Å². The number of hydrogen-bond donors (Lipinski definition) is 1. The van der Waals surface area contributed by atoms with E-state index in [1.807, 2.05) is 78.9 Å². The average molecular weight is 482 g/mol. The maximum absolute atomic E-state index is 10.6. The first-order valence-corrected chi connectivity index (χ1v) is 12.1. The third-order valence-corrected chi connectivity index (χ3v) is 5.97. The Morgan fingerprint density at radius 3 is 2.44 bits per heavy atom. The lowest BCUT2D eigenvalue weighted by Gasteiger charge is -2.08. The molecule has 0 unspecified atom stereocenters. The van der Waals surface area contributed by atoms with Crippen LogP contribution in [0.4, 0.5) is 0 Å². The lowest BCUT2D eigenvalue weighted by Crippen LogP contribution is -1.99. The van der Waals surface area contributed by atoms with Crippen molar-refractivity contribution >= 4 is 27.8 Å². The fraction of sp³-hybridized carbons (Fsp3) is 0.200. The first-order chi connectivity index (χ1) is 17.6. The molecule has 1 heterocycles. The molecule has 1 N–H and O–H groups in total. The van der Waals surface area contributed by atoms with Crippen molar-refractivity contribution in [2.24, 2.45) is 0 Å². The van der Waals surface area contributed by atoms with Gasteiger partial charge in [-0.1, -0.05) is 42.5 Å². The lowest BCUT2D eigenvalue weighted by molar-refractivity contribution is -0.137. The van der Waals surface area contributed by atoms with Crippen molar-refractivity contribution in [3.05, 3.63) is 90.5 Å². The van der Waals surface area contributed by atoms with Gasteiger partial charge < -0.3 is 19.0 Å². The average Bonchev–Trinajstić information content (AvgIpc) is 3.33. The Bertz CT molecular complexity index is 1480. The van der Waals surface area contributed by atoms with Crippen molar-refractivity contribution in [1.82, 2.24) is 4.98 Å². The molecule has 0 aliphatic rings. The fourth-order valence-corrected chi connectivity index (χ4v) is 4.05. The summed E-state index contributed by atoms with van der Waals surface area (Å²) < 4.78 is 17.8. The maximum Gasteiger partial charge on any atom is 0.303 e. The summed E-state index contributed by atoms with van der Waals surface area (Å²) in [7, 11) is 0. The Balaban J connectivity index is 1.24. The number of unbranched alkanes of at least 4 members (excludes halogenated alkanes) is 2. The van der Waals surface area contributed by atoms with Crippen molar-refractivity contribution in [1.29, 1.82) is 0 Å². The molecule has 0 bridgehead atoms. The molecule has 5 rings (SSSR count). The number of aromatic nitrogens is 1. The monoisotopic (exact) mass is 481 g/mol. The van der Waals surface area contributed by atoms with Gasteiger partial charge in [-0.25, -0.2) is 4.98 Å². The summed E-state index contributed by atoms with van der Waals surface area (Å²) in [4.78, 5) is 15.2. The normalized spacial score (nSPS) is 11.1. The van der Waals surface area contributed by atoms with Gasteiger partial charge in [0.2, 0.25) is 5.89 Å². The molecule has 0 atom stereocenters. The molecule has 0 saturated heterocycles. The molecule has 0 fully saturated rings. The van der Waals surface area contributed by atoms with Crippen LogP contribution in [0.2, 0.25) is 0 Å². The molecule has 0 aliphatic carbocycles. The standard InChI is InChI=1S/C30H27NO5/c32-29(33)9-5-2-6-16-34-25-13-12-22-17-24(11-10-23(22)18-25)30-31-27-15-14-26(19-28(27)36-30)35-20-21-7-3-1-4-8-21/h1,3-4,7-8,10-15,17-19H,2,5-6,9,16,20H2,(H,32,33). The van der Waals surface area contributed by atoms with E-state index in [4.69, 9.17) is 19.0 Å². The highest BCUT2D eigenvalue weighted by Crippen LogP contribution is 2.30. The highest BCUT2D eigenvalue weighted by molar-refractivity contribution is 5.88. The molecule has 0 saturated carbocycles. The minimum atomic E-state index is -0.750. The van der Waals surface area contributed by atoms with Crippen molar-refractivity contribution in [3.63, 3.8) is 0 Å². The second kappa shape index (κ2) is 11.0. The number of nitrogens with zero attached hydrogens (tertiary/aromatic N) is 1. The Morgan fingerprint density at radius 1 is 0.806 bits per heavy atom. The van der Waals surface area contributed by atoms with Crippen LogP contribution in [0.15, 0.2) is 89.3 Å². The Labute approximate surface area is 209 Å². The Hall–Kier alpha value is -4.32. The van der Waals surface area contributed by atoms with Gasteiger partial charge in [0.15, 0.2) is 5.58 Å². The number of rotatable bonds is 11. The van der Waals surface area contributed by atoms with Crippen LogP contribution in [0.25, 0.3) is 33.3 Å². The van der Waals surface area contributed by atoms with Gasteiger partial charge in [0.25, 0.3) is 0 Å². The van der Waals surface area contributed by atoms with E-state index < -0.39 is 5.97 Å². The van der Waals surface area contributed by atoms with Crippen LogP contribution in [0.5, 0.6) is 11.5 Å². The van der Waals surface area contributed by atoms with E-state index in [0.717, 1.165) is 51.8 Å². The molecule has 0 spiro atoms. The largest absolute Gasteiger partial charge is 0.494 e. The highest BCUT2D eigenvalue weighted by Gasteiger charge is 2.11. The number of aliphatic carboxylic acids is 1. The number of carboxylic acid groups (broad SMARTS) is 1. The molecular weight excluding hydrogens is 454 g/mol. The van der Waals surface area contributed by atoms with Crippen LogP contribution in [0.3, 0.4) is 0 Å². The van der Waals surface area contributed by atoms with Crippen molar-refractivity contribution in [2.45, 2.75) is 32.3 Å². The summed E-state index contributed by atoms with van der Waals surface area (Å²) in [5.41, 5.74) is 3.47. The van der Waals surface area contributed by atoms with Crippen LogP contribution in [0, 0.1) is 0 Å². The van der Waals surface area contributed by atoms with E-state index in [1.165, 1.54) is 0 Å². The summed E-state index contributed by atoms with van der Waals surface area (Å²) in [5, 5.41) is 10.8. The van der Waals surface area contributed by atoms with Crippen LogP contribution in [-0.2, 0) is 11.4 Å². The van der Waals surface area contributed by atoms with Gasteiger partial charge in [-0.05, 0) is 72.0 Å². The molecule has 5 aromatic rings. The first-order valence-electron chi connectivity index (χ1n) is 12.1. The topological polar surface area (TPSA) is 81.8 Å². The highest BCUT2D eigenvalue weighted by atomic mass is 16.5. The van der Waals surface area contributed by atoms with Gasteiger partial charge in [-0.2, -0.15) is 0 Å². The number of ether oxygens (including phenoxy) is 2. The van der Waals surface area contributed by atoms with Crippen molar-refractivity contribution in [2.75, 3.05) is 6.61 Å². The number of carbonyl (C=O) groups is 1. The quantitative estimate of drug-likeness (QED) is 0.200. The number of fused-ring (bicyclic) bond motifs is 2. The maximum atomic E-state index is 10.6. The SMILES string of the molecule is O=C(O)CCCCCOc1ccc2cc(-c3nc4ccc(OCc5ccccc5)cc4o3)ccc2c1. The molecule has 0 radical (unpaired) electrons. The van der Waals surface area contributed by atoms with Crippen LogP contribution < -0.4 is 9.47 Å². The number of hydrogen-bond acceptors (Lipinski definition) is 5. The van der Waals surface area contributed by atoms with Crippen molar-refractivity contribution in [3.8, 4) is 23.0 Å². The van der Waals surface area contributed by atoms with E-state index in [0.29, 0.717) is 31.1 Å². The molecule has 182 valence electrons. The first kappa shape index (κ1) is 23.4. The zero-order valence-corrected chi connectivity index (χ0v) is 19.9. The summed E-state index contributed by atoms with van der Waals surface area (Å²) >= 11 is 0. The van der Waals surface area contributed by atoms with Gasteiger partial charge in [0.05, 0.1) is 6.61 Å². The van der Waals surface area contributed by atoms with E-state index >= 15 is 0 Å². The van der Waals surface area contributed by atoms with Crippen molar-refractivity contribution < 1.29 is 23.8 Å². The van der Waals surface area contributed by atoms with Gasteiger partial charge in [0.1, 0.15) is 23.6 Å². The number of benzene rings is 4. The van der Waals surface area contributed by atoms with Gasteiger partial charge in [-0.15, -0.1) is 0 Å². The predicted molar refractivity (Wildman–Crippen MR) is 139 cm³/mol. The minimum absolute atomic E-state index is 0.210. The number of carboxylic acids is 1. The Kier molecular flexibility index (Phi) is 7.12. The molecule has 6 nitrogen and oxygen atoms in total. The van der Waals surface area contributed by atoms with Crippen LogP contribution >= 0.6 is 0 Å². The third kappa shape index (κ3) is 5.84. The van der Waals surface area contributed by atoms with Gasteiger partial charge in [-0.3, -0.25) is 4.79 Å². The lowest BCUT2D eigenvalue weighted by atomic mass is 10.1. The predicted octanol–water partition coefficient (Wildman–Crippen LogP) is 7.25. The summed E-state index contributed by atoms with van der Waals surface area (Å²) in [6.07, 6.45) is 2.56. The molecule has 4 aromatic carbocycles. The molecule has 0 amide bonds. The third-order valence-electron chi connectivity index (χ3n) is 5.97. The van der Waals surface area contributed by atoms with E-state index in [2.05, 4.69) is 11.1 Å². The summed E-state index contributed by atoms with van der Waals surface area (Å²) in [6, 6.07) is 27.8. The van der Waals surface area contributed by atoms with E-state index in [1.54, 1.807) is 0 Å². The molecule has 6 heteroatoms. The second-order valence-corrected chi connectivity index (χ2v) is 8.70. The molecule has 36 heavy (non-hydrogen) atoms. The van der Waals surface area contributed by atoms with Gasteiger partial charge in [0, 0.05) is 18.1 Å². The fourth-order valence-electron chi connectivity index (χ4n) is 4.05. The smallest absolute Gasteiger partial charge is 0.303 e. The van der Waals surface area contributed by atoms with E-state index in [-0.39, 0.29) is 6.42 Å². The second-order valence-electron chi connectivity index (χ2n) is 8.70.